The van der Waals surface area contributed by atoms with Crippen molar-refractivity contribution in [1.29, 1.82) is 0 Å². The van der Waals surface area contributed by atoms with E-state index in [1.54, 1.807) is 12.1 Å². The van der Waals surface area contributed by atoms with E-state index in [0.717, 1.165) is 0 Å². The number of hydrogen-bond acceptors (Lipinski definition) is 6. The zero-order valence-corrected chi connectivity index (χ0v) is 11.7. The first-order valence-corrected chi connectivity index (χ1v) is 6.23. The Morgan fingerprint density at radius 3 is 2.68 bits per heavy atom. The molecule has 1 aromatic carbocycles. The lowest BCUT2D eigenvalue weighted by Crippen LogP contribution is -2.14. The van der Waals surface area contributed by atoms with E-state index in [-0.39, 0.29) is 17.9 Å². The van der Waals surface area contributed by atoms with E-state index in [0.29, 0.717) is 17.2 Å². The number of nitrogens with two attached hydrogens (primary N) is 1. The molecule has 0 radical (unpaired) electrons. The normalized spacial score (nSPS) is 10.0. The Morgan fingerprint density at radius 1 is 1.32 bits per heavy atom. The Morgan fingerprint density at radius 2 is 2.05 bits per heavy atom. The second-order valence-corrected chi connectivity index (χ2v) is 4.32. The SMILES string of the molecule is COc1cc(Oc2ccnc(CC(N)=O)c2)ccc1[N+](=O)[O-]. The lowest BCUT2D eigenvalue weighted by atomic mass is 10.2. The number of benzene rings is 1. The maximum atomic E-state index is 10.9. The van der Waals surface area contributed by atoms with Crippen LogP contribution in [0, 0.1) is 10.1 Å². The minimum Gasteiger partial charge on any atom is -0.490 e. The van der Waals surface area contributed by atoms with Gasteiger partial charge in [0.15, 0.2) is 0 Å². The van der Waals surface area contributed by atoms with E-state index in [2.05, 4.69) is 4.98 Å². The van der Waals surface area contributed by atoms with E-state index >= 15 is 0 Å². The van der Waals surface area contributed by atoms with Crippen LogP contribution in [0.2, 0.25) is 0 Å². The summed E-state index contributed by atoms with van der Waals surface area (Å²) in [5, 5.41) is 10.8. The first-order chi connectivity index (χ1) is 10.5. The molecule has 0 aliphatic carbocycles. The number of nitro benzene ring substituents is 1. The number of rotatable bonds is 6. The van der Waals surface area contributed by atoms with Gasteiger partial charge >= 0.3 is 5.69 Å². The van der Waals surface area contributed by atoms with Gasteiger partial charge in [0.05, 0.1) is 24.1 Å². The number of primary amides is 1. The standard InChI is InChI=1S/C14H13N3O5/c1-21-13-8-10(2-3-12(13)17(19)20)22-11-4-5-16-9(6-11)7-14(15)18/h2-6,8H,7H2,1H3,(H2,15,18). The van der Waals surface area contributed by atoms with Crippen molar-refractivity contribution >= 4 is 11.6 Å². The van der Waals surface area contributed by atoms with Gasteiger partial charge in [0.25, 0.3) is 0 Å². The molecule has 0 aliphatic heterocycles. The quantitative estimate of drug-likeness (QED) is 0.642. The highest BCUT2D eigenvalue weighted by molar-refractivity contribution is 5.76. The number of amides is 1. The number of carbonyl (C=O) groups excluding carboxylic acids is 1. The average Bonchev–Trinajstić information content (AvgIpc) is 2.46. The minimum atomic E-state index is -0.542. The van der Waals surface area contributed by atoms with Crippen molar-refractivity contribution in [2.24, 2.45) is 5.73 Å². The van der Waals surface area contributed by atoms with Crippen LogP contribution in [-0.4, -0.2) is 22.9 Å². The van der Waals surface area contributed by atoms with Gasteiger partial charge in [-0.3, -0.25) is 19.9 Å². The predicted octanol–water partition coefficient (Wildman–Crippen LogP) is 1.82. The van der Waals surface area contributed by atoms with Gasteiger partial charge in [0.1, 0.15) is 11.5 Å². The van der Waals surface area contributed by atoms with Crippen LogP contribution in [0.15, 0.2) is 36.5 Å². The molecule has 1 aromatic heterocycles. The molecular weight excluding hydrogens is 290 g/mol. The summed E-state index contributed by atoms with van der Waals surface area (Å²) in [6, 6.07) is 7.32. The smallest absolute Gasteiger partial charge is 0.311 e. The van der Waals surface area contributed by atoms with Crippen LogP contribution in [0.3, 0.4) is 0 Å². The molecule has 1 amide bonds. The Kier molecular flexibility index (Phi) is 4.52. The van der Waals surface area contributed by atoms with Crippen molar-refractivity contribution in [1.82, 2.24) is 4.98 Å². The molecule has 0 atom stereocenters. The van der Waals surface area contributed by atoms with Gasteiger partial charge in [-0.25, -0.2) is 0 Å². The Balaban J connectivity index is 2.23. The van der Waals surface area contributed by atoms with Crippen LogP contribution >= 0.6 is 0 Å². The van der Waals surface area contributed by atoms with Gasteiger partial charge in [-0.2, -0.15) is 0 Å². The lowest BCUT2D eigenvalue weighted by molar-refractivity contribution is -0.385. The molecule has 8 heteroatoms. The van der Waals surface area contributed by atoms with Crippen molar-refractivity contribution in [2.75, 3.05) is 7.11 Å². The molecule has 8 nitrogen and oxygen atoms in total. The molecular formula is C14H13N3O5. The Hall–Kier alpha value is -3.16. The van der Waals surface area contributed by atoms with Crippen LogP contribution in [0.5, 0.6) is 17.2 Å². The second-order valence-electron chi connectivity index (χ2n) is 4.32. The summed E-state index contributed by atoms with van der Waals surface area (Å²) < 4.78 is 10.5. The monoisotopic (exact) mass is 303 g/mol. The number of ether oxygens (including phenoxy) is 2. The maximum Gasteiger partial charge on any atom is 0.311 e. The number of nitro groups is 1. The summed E-state index contributed by atoms with van der Waals surface area (Å²) >= 11 is 0. The van der Waals surface area contributed by atoms with Gasteiger partial charge in [-0.15, -0.1) is 0 Å². The lowest BCUT2D eigenvalue weighted by Gasteiger charge is -2.08. The van der Waals surface area contributed by atoms with Crippen LogP contribution in [0.1, 0.15) is 5.69 Å². The van der Waals surface area contributed by atoms with Crippen molar-refractivity contribution in [3.05, 3.63) is 52.3 Å². The highest BCUT2D eigenvalue weighted by Gasteiger charge is 2.15. The molecule has 0 saturated carbocycles. The number of aromatic nitrogens is 1. The Labute approximate surface area is 125 Å². The molecule has 0 saturated heterocycles. The number of hydrogen-bond donors (Lipinski definition) is 1. The molecule has 0 aliphatic rings. The second kappa shape index (κ2) is 6.53. The first kappa shape index (κ1) is 15.2. The predicted molar refractivity (Wildman–Crippen MR) is 76.9 cm³/mol. The molecule has 0 bridgehead atoms. The summed E-state index contributed by atoms with van der Waals surface area (Å²) in [4.78, 5) is 25.2. The molecule has 22 heavy (non-hydrogen) atoms. The van der Waals surface area contributed by atoms with Crippen molar-refractivity contribution in [2.45, 2.75) is 6.42 Å². The van der Waals surface area contributed by atoms with E-state index < -0.39 is 10.8 Å². The molecule has 2 rings (SSSR count). The summed E-state index contributed by atoms with van der Waals surface area (Å²) in [6.45, 7) is 0. The van der Waals surface area contributed by atoms with Crippen LogP contribution in [0.4, 0.5) is 5.69 Å². The average molecular weight is 303 g/mol. The first-order valence-electron chi connectivity index (χ1n) is 6.23. The maximum absolute atomic E-state index is 10.9. The van der Waals surface area contributed by atoms with E-state index in [1.807, 2.05) is 0 Å². The van der Waals surface area contributed by atoms with Crippen LogP contribution < -0.4 is 15.2 Å². The Bertz CT molecular complexity index is 717. The largest absolute Gasteiger partial charge is 0.490 e. The van der Waals surface area contributed by atoms with Gasteiger partial charge in [-0.1, -0.05) is 0 Å². The molecule has 0 unspecified atom stereocenters. The fourth-order valence-electron chi connectivity index (χ4n) is 1.80. The molecule has 114 valence electrons. The fraction of sp³-hybridized carbons (Fsp3) is 0.143. The highest BCUT2D eigenvalue weighted by Crippen LogP contribution is 2.32. The molecule has 2 aromatic rings. The van der Waals surface area contributed by atoms with Crippen molar-refractivity contribution in [3.63, 3.8) is 0 Å². The third-order valence-corrected chi connectivity index (χ3v) is 2.73. The number of methoxy groups -OCH3 is 1. The summed E-state index contributed by atoms with van der Waals surface area (Å²) in [6.07, 6.45) is 1.48. The molecule has 1 heterocycles. The topological polar surface area (TPSA) is 118 Å². The third kappa shape index (κ3) is 3.69. The van der Waals surface area contributed by atoms with Gasteiger partial charge in [0, 0.05) is 24.4 Å². The zero-order chi connectivity index (χ0) is 16.1. The van der Waals surface area contributed by atoms with Crippen molar-refractivity contribution in [3.8, 4) is 17.2 Å². The number of carbonyl (C=O) groups is 1. The summed E-state index contributed by atoms with van der Waals surface area (Å²) in [5.41, 5.74) is 5.43. The minimum absolute atomic E-state index is 0.000776. The van der Waals surface area contributed by atoms with E-state index in [1.165, 1.54) is 31.5 Å². The van der Waals surface area contributed by atoms with E-state index in [9.17, 15) is 14.9 Å². The molecule has 0 spiro atoms. The highest BCUT2D eigenvalue weighted by atomic mass is 16.6. The van der Waals surface area contributed by atoms with Gasteiger partial charge in [0.2, 0.25) is 11.7 Å². The van der Waals surface area contributed by atoms with Gasteiger partial charge in [-0.05, 0) is 12.1 Å². The molecule has 2 N–H and O–H groups in total. The zero-order valence-electron chi connectivity index (χ0n) is 11.7. The summed E-state index contributed by atoms with van der Waals surface area (Å²) in [5.74, 6) is 0.386. The van der Waals surface area contributed by atoms with Crippen molar-refractivity contribution < 1.29 is 19.2 Å². The summed E-state index contributed by atoms with van der Waals surface area (Å²) in [7, 11) is 1.34. The third-order valence-electron chi connectivity index (χ3n) is 2.73. The number of nitrogens with zero attached hydrogens (tertiary/aromatic N) is 2. The fourth-order valence-corrected chi connectivity index (χ4v) is 1.80. The van der Waals surface area contributed by atoms with Crippen LogP contribution in [0.25, 0.3) is 0 Å². The molecule has 0 fully saturated rings. The van der Waals surface area contributed by atoms with Crippen LogP contribution in [-0.2, 0) is 11.2 Å². The van der Waals surface area contributed by atoms with E-state index in [4.69, 9.17) is 15.2 Å². The van der Waals surface area contributed by atoms with Gasteiger partial charge < -0.3 is 15.2 Å². The number of pyridine rings is 1.